The summed E-state index contributed by atoms with van der Waals surface area (Å²) in [5, 5.41) is 8.55. The maximum Gasteiger partial charge on any atom is 0.303 e. The molecule has 0 heterocycles. The van der Waals surface area contributed by atoms with E-state index in [4.69, 9.17) is 20.5 Å². The van der Waals surface area contributed by atoms with E-state index < -0.39 is 15.0 Å². The Labute approximate surface area is 122 Å². The average Bonchev–Trinajstić information content (AvgIpc) is 2.31. The fraction of sp³-hybridized carbons (Fsp3) is 0.462. The minimum atomic E-state index is -3.79. The molecule has 0 aliphatic heterocycles. The number of carboxylic acid groups (broad SMARTS) is 1. The first kappa shape index (κ1) is 16.8. The Bertz CT molecular complexity index is 622. The molecule has 0 fully saturated rings. The van der Waals surface area contributed by atoms with Gasteiger partial charge < -0.3 is 9.84 Å². The number of carboxylic acids is 1. The highest BCUT2D eigenvalue weighted by Gasteiger charge is 2.19. The maximum atomic E-state index is 11.5. The van der Waals surface area contributed by atoms with E-state index in [0.29, 0.717) is 28.9 Å². The van der Waals surface area contributed by atoms with E-state index in [-0.39, 0.29) is 17.9 Å². The van der Waals surface area contributed by atoms with Crippen molar-refractivity contribution < 1.29 is 23.1 Å². The predicted molar refractivity (Wildman–Crippen MR) is 76.1 cm³/mol. The minimum Gasteiger partial charge on any atom is -0.493 e. The third-order valence-electron chi connectivity index (χ3n) is 3.02. The molecule has 1 aromatic carbocycles. The van der Waals surface area contributed by atoms with Gasteiger partial charge in [-0.1, -0.05) is 0 Å². The lowest BCUT2D eigenvalue weighted by Crippen LogP contribution is -2.06. The summed E-state index contributed by atoms with van der Waals surface area (Å²) >= 11 is 0. The van der Waals surface area contributed by atoms with Gasteiger partial charge in [-0.05, 0) is 49.9 Å². The van der Waals surface area contributed by atoms with Gasteiger partial charge in [0.25, 0.3) is 9.05 Å². The zero-order valence-electron chi connectivity index (χ0n) is 11.6. The molecule has 0 bridgehead atoms. The molecule has 0 radical (unpaired) electrons. The van der Waals surface area contributed by atoms with Crippen LogP contribution in [-0.2, 0) is 13.8 Å². The van der Waals surface area contributed by atoms with Gasteiger partial charge in [0.1, 0.15) is 5.75 Å². The van der Waals surface area contributed by atoms with Gasteiger partial charge in [0.2, 0.25) is 0 Å². The molecule has 1 N–H and O–H groups in total. The summed E-state index contributed by atoms with van der Waals surface area (Å²) in [6, 6.07) is 1.47. The largest absolute Gasteiger partial charge is 0.493 e. The molecule has 0 aromatic heterocycles. The van der Waals surface area contributed by atoms with Gasteiger partial charge in [-0.2, -0.15) is 0 Å². The number of halogens is 1. The SMILES string of the molecule is Cc1cc(S(=O)(=O)Cl)c(C)c(C)c1OCCCC(=O)O. The Hall–Kier alpha value is -1.27. The molecule has 1 aromatic rings. The molecule has 0 spiro atoms. The van der Waals surface area contributed by atoms with Crippen LogP contribution in [0.3, 0.4) is 0 Å². The standard InChI is InChI=1S/C13H17ClO5S/c1-8-7-11(20(14,17)18)9(2)10(3)13(8)19-6-4-5-12(15)16/h7H,4-6H2,1-3H3,(H,15,16). The van der Waals surface area contributed by atoms with Crippen LogP contribution in [0.2, 0.25) is 0 Å². The summed E-state index contributed by atoms with van der Waals surface area (Å²) in [5.74, 6) is -0.293. The van der Waals surface area contributed by atoms with Crippen LogP contribution in [0.4, 0.5) is 0 Å². The van der Waals surface area contributed by atoms with Crippen molar-refractivity contribution in [3.05, 3.63) is 22.8 Å². The van der Waals surface area contributed by atoms with Crippen LogP contribution in [-0.4, -0.2) is 26.1 Å². The molecule has 7 heteroatoms. The number of aliphatic carboxylic acids is 1. The smallest absolute Gasteiger partial charge is 0.303 e. The zero-order chi connectivity index (χ0) is 15.5. The van der Waals surface area contributed by atoms with E-state index in [2.05, 4.69) is 0 Å². The second-order valence-electron chi connectivity index (χ2n) is 4.55. The molecule has 5 nitrogen and oxygen atoms in total. The number of ether oxygens (including phenoxy) is 1. The Kier molecular flexibility index (Phi) is 5.42. The van der Waals surface area contributed by atoms with Crippen LogP contribution in [0.25, 0.3) is 0 Å². The summed E-state index contributed by atoms with van der Waals surface area (Å²) < 4.78 is 28.5. The van der Waals surface area contributed by atoms with Crippen LogP contribution < -0.4 is 4.74 Å². The third-order valence-corrected chi connectivity index (χ3v) is 4.47. The van der Waals surface area contributed by atoms with Crippen molar-refractivity contribution in [2.75, 3.05) is 6.61 Å². The molecule has 0 unspecified atom stereocenters. The number of rotatable bonds is 6. The van der Waals surface area contributed by atoms with Crippen molar-refractivity contribution in [2.24, 2.45) is 0 Å². The first-order valence-corrected chi connectivity index (χ1v) is 8.35. The summed E-state index contributed by atoms with van der Waals surface area (Å²) in [6.07, 6.45) is 0.425. The summed E-state index contributed by atoms with van der Waals surface area (Å²) in [6.45, 7) is 5.40. The maximum absolute atomic E-state index is 11.5. The van der Waals surface area contributed by atoms with Crippen LogP contribution in [0.5, 0.6) is 5.75 Å². The second kappa shape index (κ2) is 6.45. The van der Waals surface area contributed by atoms with E-state index in [0.717, 1.165) is 0 Å². The number of carbonyl (C=O) groups is 1. The molecule has 20 heavy (non-hydrogen) atoms. The van der Waals surface area contributed by atoms with Gasteiger partial charge >= 0.3 is 5.97 Å². The van der Waals surface area contributed by atoms with Gasteiger partial charge in [-0.3, -0.25) is 4.79 Å². The van der Waals surface area contributed by atoms with Crippen LogP contribution in [0, 0.1) is 20.8 Å². The molecule has 0 saturated carbocycles. The molecular weight excluding hydrogens is 304 g/mol. The van der Waals surface area contributed by atoms with Gasteiger partial charge in [-0.15, -0.1) is 0 Å². The Morgan fingerprint density at radius 2 is 1.90 bits per heavy atom. The second-order valence-corrected chi connectivity index (χ2v) is 7.09. The van der Waals surface area contributed by atoms with Crippen molar-refractivity contribution in [1.82, 2.24) is 0 Å². The number of hydrogen-bond acceptors (Lipinski definition) is 4. The predicted octanol–water partition coefficient (Wildman–Crippen LogP) is 2.78. The number of benzene rings is 1. The highest BCUT2D eigenvalue weighted by Crippen LogP contribution is 2.32. The Morgan fingerprint density at radius 3 is 2.40 bits per heavy atom. The van der Waals surface area contributed by atoms with Gasteiger partial charge in [0.05, 0.1) is 11.5 Å². The van der Waals surface area contributed by atoms with Crippen molar-refractivity contribution in [1.29, 1.82) is 0 Å². The quantitative estimate of drug-likeness (QED) is 0.644. The molecule has 0 atom stereocenters. The fourth-order valence-electron chi connectivity index (χ4n) is 1.89. The highest BCUT2D eigenvalue weighted by atomic mass is 35.7. The molecule has 0 aliphatic rings. The van der Waals surface area contributed by atoms with Gasteiger partial charge in [-0.25, -0.2) is 8.42 Å². The lowest BCUT2D eigenvalue weighted by Gasteiger charge is -2.16. The molecule has 0 saturated heterocycles. The van der Waals surface area contributed by atoms with E-state index in [1.54, 1.807) is 20.8 Å². The molecule has 0 aliphatic carbocycles. The summed E-state index contributed by atoms with van der Waals surface area (Å²) in [4.78, 5) is 10.5. The number of aryl methyl sites for hydroxylation is 1. The first-order chi connectivity index (χ1) is 9.14. The van der Waals surface area contributed by atoms with Crippen LogP contribution in [0.1, 0.15) is 29.5 Å². The average molecular weight is 321 g/mol. The Morgan fingerprint density at radius 1 is 1.30 bits per heavy atom. The van der Waals surface area contributed by atoms with E-state index >= 15 is 0 Å². The van der Waals surface area contributed by atoms with E-state index in [9.17, 15) is 13.2 Å². The summed E-state index contributed by atoms with van der Waals surface area (Å²) in [5.41, 5.74) is 1.89. The zero-order valence-corrected chi connectivity index (χ0v) is 13.1. The van der Waals surface area contributed by atoms with Crippen LogP contribution >= 0.6 is 10.7 Å². The first-order valence-electron chi connectivity index (χ1n) is 6.04. The minimum absolute atomic E-state index is 0.0330. The summed E-state index contributed by atoms with van der Waals surface area (Å²) in [7, 11) is 1.60. The lowest BCUT2D eigenvalue weighted by atomic mass is 10.1. The number of hydrogen-bond donors (Lipinski definition) is 1. The van der Waals surface area contributed by atoms with E-state index in [1.807, 2.05) is 0 Å². The third kappa shape index (κ3) is 4.11. The molecule has 0 amide bonds. The van der Waals surface area contributed by atoms with Gasteiger partial charge in [0.15, 0.2) is 0 Å². The molecular formula is C13H17ClO5S. The Balaban J connectivity index is 3.00. The molecule has 1 rings (SSSR count). The van der Waals surface area contributed by atoms with Crippen molar-refractivity contribution >= 4 is 25.7 Å². The normalized spacial score (nSPS) is 11.4. The topological polar surface area (TPSA) is 80.7 Å². The van der Waals surface area contributed by atoms with Crippen molar-refractivity contribution in [2.45, 2.75) is 38.5 Å². The van der Waals surface area contributed by atoms with Gasteiger partial charge in [0, 0.05) is 17.1 Å². The molecule has 112 valence electrons. The van der Waals surface area contributed by atoms with Crippen molar-refractivity contribution in [3.8, 4) is 5.75 Å². The van der Waals surface area contributed by atoms with E-state index in [1.165, 1.54) is 6.07 Å². The van der Waals surface area contributed by atoms with Crippen molar-refractivity contribution in [3.63, 3.8) is 0 Å². The fourth-order valence-corrected chi connectivity index (χ4v) is 3.21. The monoisotopic (exact) mass is 320 g/mol. The highest BCUT2D eigenvalue weighted by molar-refractivity contribution is 8.13. The van der Waals surface area contributed by atoms with Crippen LogP contribution in [0.15, 0.2) is 11.0 Å². The lowest BCUT2D eigenvalue weighted by molar-refractivity contribution is -0.137.